The van der Waals surface area contributed by atoms with Crippen LogP contribution in [0.5, 0.6) is 0 Å². The van der Waals surface area contributed by atoms with Crippen molar-refractivity contribution in [3.63, 3.8) is 0 Å². The summed E-state index contributed by atoms with van der Waals surface area (Å²) in [7, 11) is 0. The Morgan fingerprint density at radius 2 is 2.11 bits per heavy atom. The Bertz CT molecular complexity index is 399. The number of pyridine rings is 1. The van der Waals surface area contributed by atoms with Crippen LogP contribution in [0.3, 0.4) is 0 Å². The molecular weight excluding hydrogens is 300 g/mol. The van der Waals surface area contributed by atoms with Gasteiger partial charge < -0.3 is 5.32 Å². The van der Waals surface area contributed by atoms with Crippen molar-refractivity contribution in [3.8, 4) is 0 Å². The standard InChI is InChI=1S/C16H25BrN2/c1-3-8-19-15(16(2)6-4-5-7-16)10-13-9-14(17)12-18-11-13/h9,11-12,15,19H,3-8,10H2,1-2H3. The summed E-state index contributed by atoms with van der Waals surface area (Å²) in [6.07, 6.45) is 11.6. The highest BCUT2D eigenvalue weighted by atomic mass is 79.9. The van der Waals surface area contributed by atoms with Crippen LogP contribution >= 0.6 is 15.9 Å². The lowest BCUT2D eigenvalue weighted by Crippen LogP contribution is -2.44. The molecule has 2 rings (SSSR count). The van der Waals surface area contributed by atoms with Gasteiger partial charge in [0.1, 0.15) is 0 Å². The van der Waals surface area contributed by atoms with Crippen molar-refractivity contribution < 1.29 is 0 Å². The fourth-order valence-electron chi connectivity index (χ4n) is 3.22. The zero-order valence-electron chi connectivity index (χ0n) is 12.1. The van der Waals surface area contributed by atoms with E-state index in [2.05, 4.69) is 46.1 Å². The summed E-state index contributed by atoms with van der Waals surface area (Å²) < 4.78 is 1.08. The largest absolute Gasteiger partial charge is 0.313 e. The molecule has 1 N–H and O–H groups in total. The van der Waals surface area contributed by atoms with Crippen molar-refractivity contribution in [2.45, 2.75) is 58.4 Å². The molecular formula is C16H25BrN2. The van der Waals surface area contributed by atoms with Gasteiger partial charge in [-0.15, -0.1) is 0 Å². The van der Waals surface area contributed by atoms with Gasteiger partial charge >= 0.3 is 0 Å². The topological polar surface area (TPSA) is 24.9 Å². The van der Waals surface area contributed by atoms with Gasteiger partial charge in [0, 0.05) is 22.9 Å². The van der Waals surface area contributed by atoms with Crippen LogP contribution in [-0.4, -0.2) is 17.6 Å². The first-order chi connectivity index (χ1) is 9.14. The molecule has 2 nitrogen and oxygen atoms in total. The summed E-state index contributed by atoms with van der Waals surface area (Å²) in [4.78, 5) is 4.29. The lowest BCUT2D eigenvalue weighted by Gasteiger charge is -2.35. The highest BCUT2D eigenvalue weighted by Gasteiger charge is 2.36. The second-order valence-electron chi connectivity index (χ2n) is 6.08. The average Bonchev–Trinajstić information content (AvgIpc) is 2.82. The number of hydrogen-bond acceptors (Lipinski definition) is 2. The summed E-state index contributed by atoms with van der Waals surface area (Å²) >= 11 is 3.52. The maximum atomic E-state index is 4.29. The Hall–Kier alpha value is -0.410. The normalized spacial score (nSPS) is 19.5. The second kappa shape index (κ2) is 6.85. The van der Waals surface area contributed by atoms with Crippen molar-refractivity contribution in [1.29, 1.82) is 0 Å². The molecule has 0 radical (unpaired) electrons. The Morgan fingerprint density at radius 3 is 2.74 bits per heavy atom. The predicted molar refractivity (Wildman–Crippen MR) is 84.3 cm³/mol. The number of nitrogens with one attached hydrogen (secondary N) is 1. The van der Waals surface area contributed by atoms with Gasteiger partial charge in [-0.25, -0.2) is 0 Å². The quantitative estimate of drug-likeness (QED) is 0.842. The van der Waals surface area contributed by atoms with E-state index in [1.165, 1.54) is 37.7 Å². The molecule has 19 heavy (non-hydrogen) atoms. The van der Waals surface area contributed by atoms with Crippen LogP contribution in [0.2, 0.25) is 0 Å². The van der Waals surface area contributed by atoms with E-state index in [1.54, 1.807) is 0 Å². The third-order valence-corrected chi connectivity index (χ3v) is 4.86. The molecule has 0 saturated heterocycles. The summed E-state index contributed by atoms with van der Waals surface area (Å²) in [5.41, 5.74) is 1.79. The number of nitrogens with zero attached hydrogens (tertiary/aromatic N) is 1. The number of hydrogen-bond donors (Lipinski definition) is 1. The fourth-order valence-corrected chi connectivity index (χ4v) is 3.63. The van der Waals surface area contributed by atoms with Gasteiger partial charge in [-0.2, -0.15) is 0 Å². The summed E-state index contributed by atoms with van der Waals surface area (Å²) in [6, 6.07) is 2.78. The Balaban J connectivity index is 2.09. The lowest BCUT2D eigenvalue weighted by molar-refractivity contribution is 0.219. The number of aromatic nitrogens is 1. The molecule has 1 aliphatic carbocycles. The minimum Gasteiger partial charge on any atom is -0.313 e. The van der Waals surface area contributed by atoms with E-state index in [0.717, 1.165) is 17.4 Å². The first-order valence-electron chi connectivity index (χ1n) is 7.47. The second-order valence-corrected chi connectivity index (χ2v) is 7.00. The van der Waals surface area contributed by atoms with E-state index in [0.29, 0.717) is 11.5 Å². The molecule has 0 aliphatic heterocycles. The van der Waals surface area contributed by atoms with Crippen molar-refractivity contribution in [2.75, 3.05) is 6.54 Å². The van der Waals surface area contributed by atoms with Crippen LogP contribution < -0.4 is 5.32 Å². The molecule has 0 aromatic carbocycles. The zero-order valence-corrected chi connectivity index (χ0v) is 13.7. The highest BCUT2D eigenvalue weighted by molar-refractivity contribution is 9.10. The molecule has 1 atom stereocenters. The Labute approximate surface area is 125 Å². The smallest absolute Gasteiger partial charge is 0.0410 e. The van der Waals surface area contributed by atoms with Crippen LogP contribution in [-0.2, 0) is 6.42 Å². The van der Waals surface area contributed by atoms with E-state index in [4.69, 9.17) is 0 Å². The molecule has 106 valence electrons. The molecule has 1 aliphatic rings. The van der Waals surface area contributed by atoms with E-state index >= 15 is 0 Å². The minimum absolute atomic E-state index is 0.456. The summed E-state index contributed by atoms with van der Waals surface area (Å²) in [6.45, 7) is 5.81. The van der Waals surface area contributed by atoms with Gasteiger partial charge in [-0.3, -0.25) is 4.98 Å². The third kappa shape index (κ3) is 4.03. The van der Waals surface area contributed by atoms with E-state index in [9.17, 15) is 0 Å². The van der Waals surface area contributed by atoms with Crippen molar-refractivity contribution in [1.82, 2.24) is 10.3 Å². The number of halogens is 1. The van der Waals surface area contributed by atoms with Gasteiger partial charge in [0.05, 0.1) is 0 Å². The van der Waals surface area contributed by atoms with Gasteiger partial charge in [-0.05, 0) is 65.2 Å². The third-order valence-electron chi connectivity index (χ3n) is 4.43. The molecule has 1 heterocycles. The fraction of sp³-hybridized carbons (Fsp3) is 0.688. The maximum Gasteiger partial charge on any atom is 0.0410 e. The predicted octanol–water partition coefficient (Wildman–Crippen LogP) is 4.34. The summed E-state index contributed by atoms with van der Waals surface area (Å²) in [5.74, 6) is 0. The molecule has 1 aromatic rings. The van der Waals surface area contributed by atoms with Crippen LogP contribution in [0.25, 0.3) is 0 Å². The van der Waals surface area contributed by atoms with Crippen LogP contribution in [0.1, 0.15) is 51.5 Å². The monoisotopic (exact) mass is 324 g/mol. The highest BCUT2D eigenvalue weighted by Crippen LogP contribution is 2.41. The van der Waals surface area contributed by atoms with Crippen LogP contribution in [0, 0.1) is 5.41 Å². The van der Waals surface area contributed by atoms with E-state index in [-0.39, 0.29) is 0 Å². The average molecular weight is 325 g/mol. The molecule has 1 fully saturated rings. The SMILES string of the molecule is CCCNC(Cc1cncc(Br)c1)C1(C)CCCC1. The minimum atomic E-state index is 0.456. The van der Waals surface area contributed by atoms with Gasteiger partial charge in [0.15, 0.2) is 0 Å². The molecule has 0 bridgehead atoms. The van der Waals surface area contributed by atoms with Gasteiger partial charge in [0.25, 0.3) is 0 Å². The molecule has 0 spiro atoms. The maximum absolute atomic E-state index is 4.29. The molecule has 1 saturated carbocycles. The molecule has 1 aromatic heterocycles. The number of rotatable bonds is 6. The first-order valence-corrected chi connectivity index (χ1v) is 8.26. The van der Waals surface area contributed by atoms with Gasteiger partial charge in [-0.1, -0.05) is 26.7 Å². The van der Waals surface area contributed by atoms with E-state index in [1.807, 2.05) is 12.4 Å². The Kier molecular flexibility index (Phi) is 5.40. The van der Waals surface area contributed by atoms with Crippen LogP contribution in [0.15, 0.2) is 22.9 Å². The van der Waals surface area contributed by atoms with Crippen molar-refractivity contribution in [3.05, 3.63) is 28.5 Å². The first kappa shape index (κ1) is 15.0. The van der Waals surface area contributed by atoms with Crippen molar-refractivity contribution in [2.24, 2.45) is 5.41 Å². The van der Waals surface area contributed by atoms with Crippen molar-refractivity contribution >= 4 is 15.9 Å². The molecule has 0 amide bonds. The Morgan fingerprint density at radius 1 is 1.37 bits per heavy atom. The molecule has 3 heteroatoms. The summed E-state index contributed by atoms with van der Waals surface area (Å²) in [5, 5.41) is 3.78. The lowest BCUT2D eigenvalue weighted by atomic mass is 9.78. The van der Waals surface area contributed by atoms with Gasteiger partial charge in [0.2, 0.25) is 0 Å². The van der Waals surface area contributed by atoms with Crippen LogP contribution in [0.4, 0.5) is 0 Å². The van der Waals surface area contributed by atoms with E-state index < -0.39 is 0 Å². The molecule has 1 unspecified atom stereocenters. The zero-order chi connectivity index (χ0) is 13.7.